The molecular weight excluding hydrogens is 379 g/mol. The third-order valence-corrected chi connectivity index (χ3v) is 4.32. The first kappa shape index (κ1) is 20.4. The fourth-order valence-corrected chi connectivity index (χ4v) is 2.82. The quantitative estimate of drug-likeness (QED) is 0.488. The number of aliphatic imine (C=N–C) groups is 1. The molecule has 0 aliphatic heterocycles. The molecule has 5 nitrogen and oxygen atoms in total. The SMILES string of the molecule is CN=C(NCc1ccc(C(F)(F)F)cc1)NCc1cccc(Cn2cccn2)c1. The minimum Gasteiger partial charge on any atom is -0.352 e. The van der Waals surface area contributed by atoms with Gasteiger partial charge in [0.2, 0.25) is 0 Å². The van der Waals surface area contributed by atoms with Crippen molar-refractivity contribution in [2.45, 2.75) is 25.8 Å². The Morgan fingerprint density at radius 1 is 0.966 bits per heavy atom. The molecule has 2 aromatic carbocycles. The van der Waals surface area contributed by atoms with E-state index >= 15 is 0 Å². The monoisotopic (exact) mass is 401 g/mol. The molecule has 3 aromatic rings. The normalized spacial score (nSPS) is 12.1. The first-order chi connectivity index (χ1) is 13.9. The van der Waals surface area contributed by atoms with Crippen LogP contribution in [0.2, 0.25) is 0 Å². The van der Waals surface area contributed by atoms with Crippen LogP contribution in [0, 0.1) is 0 Å². The highest BCUT2D eigenvalue weighted by Gasteiger charge is 2.29. The Hall–Kier alpha value is -3.29. The van der Waals surface area contributed by atoms with Gasteiger partial charge in [-0.3, -0.25) is 9.67 Å². The molecule has 0 saturated heterocycles. The van der Waals surface area contributed by atoms with E-state index in [0.717, 1.165) is 28.8 Å². The van der Waals surface area contributed by atoms with Gasteiger partial charge in [0, 0.05) is 32.5 Å². The number of rotatable bonds is 6. The van der Waals surface area contributed by atoms with Crippen LogP contribution < -0.4 is 10.6 Å². The molecule has 0 bridgehead atoms. The lowest BCUT2D eigenvalue weighted by Crippen LogP contribution is -2.36. The number of hydrogen-bond donors (Lipinski definition) is 2. The summed E-state index contributed by atoms with van der Waals surface area (Å²) in [6.07, 6.45) is -0.662. The summed E-state index contributed by atoms with van der Waals surface area (Å²) < 4.78 is 39.8. The molecule has 29 heavy (non-hydrogen) atoms. The maximum atomic E-state index is 12.6. The number of aromatic nitrogens is 2. The lowest BCUT2D eigenvalue weighted by atomic mass is 10.1. The third kappa shape index (κ3) is 6.10. The summed E-state index contributed by atoms with van der Waals surface area (Å²) >= 11 is 0. The Morgan fingerprint density at radius 2 is 1.66 bits per heavy atom. The van der Waals surface area contributed by atoms with Gasteiger partial charge in [-0.05, 0) is 34.9 Å². The summed E-state index contributed by atoms with van der Waals surface area (Å²) in [7, 11) is 1.65. The topological polar surface area (TPSA) is 54.2 Å². The molecule has 0 saturated carbocycles. The molecule has 0 fully saturated rings. The molecule has 0 amide bonds. The van der Waals surface area contributed by atoms with Crippen molar-refractivity contribution in [2.24, 2.45) is 4.99 Å². The zero-order valence-corrected chi connectivity index (χ0v) is 15.9. The van der Waals surface area contributed by atoms with Gasteiger partial charge >= 0.3 is 6.18 Å². The van der Waals surface area contributed by atoms with Crippen molar-refractivity contribution in [3.05, 3.63) is 89.2 Å². The van der Waals surface area contributed by atoms with Gasteiger partial charge < -0.3 is 10.6 Å². The minimum atomic E-state index is -4.32. The first-order valence-corrected chi connectivity index (χ1v) is 9.10. The summed E-state index contributed by atoms with van der Waals surface area (Å²) in [4.78, 5) is 4.16. The van der Waals surface area contributed by atoms with Crippen molar-refractivity contribution in [1.29, 1.82) is 0 Å². The smallest absolute Gasteiger partial charge is 0.352 e. The number of alkyl halides is 3. The summed E-state index contributed by atoms with van der Waals surface area (Å²) in [5, 5.41) is 10.5. The van der Waals surface area contributed by atoms with E-state index in [-0.39, 0.29) is 0 Å². The van der Waals surface area contributed by atoms with Crippen LogP contribution in [-0.4, -0.2) is 22.8 Å². The molecule has 1 aromatic heterocycles. The molecule has 1 heterocycles. The fourth-order valence-electron chi connectivity index (χ4n) is 2.82. The second-order valence-electron chi connectivity index (χ2n) is 6.50. The molecule has 8 heteroatoms. The maximum Gasteiger partial charge on any atom is 0.416 e. The Kier molecular flexibility index (Phi) is 6.54. The molecule has 2 N–H and O–H groups in total. The number of guanidine groups is 1. The lowest BCUT2D eigenvalue weighted by molar-refractivity contribution is -0.137. The maximum absolute atomic E-state index is 12.6. The highest BCUT2D eigenvalue weighted by Crippen LogP contribution is 2.29. The van der Waals surface area contributed by atoms with E-state index in [1.54, 1.807) is 13.2 Å². The fraction of sp³-hybridized carbons (Fsp3) is 0.238. The largest absolute Gasteiger partial charge is 0.416 e. The van der Waals surface area contributed by atoms with Gasteiger partial charge in [-0.2, -0.15) is 18.3 Å². The van der Waals surface area contributed by atoms with Gasteiger partial charge in [-0.15, -0.1) is 0 Å². The zero-order valence-electron chi connectivity index (χ0n) is 15.9. The van der Waals surface area contributed by atoms with Crippen molar-refractivity contribution < 1.29 is 13.2 Å². The van der Waals surface area contributed by atoms with E-state index in [1.807, 2.05) is 35.1 Å². The standard InChI is InChI=1S/C21H22F3N5/c1-25-20(26-13-16-6-8-19(9-7-16)21(22,23)24)27-14-17-4-2-5-18(12-17)15-29-11-3-10-28-29/h2-12H,13-15H2,1H3,(H2,25,26,27). The average Bonchev–Trinajstić information content (AvgIpc) is 3.21. The highest BCUT2D eigenvalue weighted by atomic mass is 19.4. The summed E-state index contributed by atoms with van der Waals surface area (Å²) in [5.41, 5.74) is 2.31. The van der Waals surface area contributed by atoms with E-state index in [2.05, 4.69) is 26.8 Å². The Balaban J connectivity index is 1.52. The van der Waals surface area contributed by atoms with E-state index in [9.17, 15) is 13.2 Å². The number of nitrogens with one attached hydrogen (secondary N) is 2. The van der Waals surface area contributed by atoms with Crippen LogP contribution in [0.3, 0.4) is 0 Å². The summed E-state index contributed by atoms with van der Waals surface area (Å²) in [5.74, 6) is 0.572. The first-order valence-electron chi connectivity index (χ1n) is 9.10. The predicted molar refractivity (Wildman–Crippen MR) is 106 cm³/mol. The molecule has 152 valence electrons. The zero-order chi connectivity index (χ0) is 20.7. The molecule has 0 radical (unpaired) electrons. The van der Waals surface area contributed by atoms with Crippen LogP contribution in [0.4, 0.5) is 13.2 Å². The van der Waals surface area contributed by atoms with Crippen molar-refractivity contribution in [3.8, 4) is 0 Å². The second-order valence-corrected chi connectivity index (χ2v) is 6.50. The predicted octanol–water partition coefficient (Wildman–Crippen LogP) is 3.82. The molecule has 0 spiro atoms. The van der Waals surface area contributed by atoms with Crippen LogP contribution >= 0.6 is 0 Å². The molecule has 0 unspecified atom stereocenters. The van der Waals surface area contributed by atoms with Crippen molar-refractivity contribution in [3.63, 3.8) is 0 Å². The van der Waals surface area contributed by atoms with Crippen LogP contribution in [0.25, 0.3) is 0 Å². The molecule has 0 atom stereocenters. The highest BCUT2D eigenvalue weighted by molar-refractivity contribution is 5.79. The lowest BCUT2D eigenvalue weighted by Gasteiger charge is -2.13. The van der Waals surface area contributed by atoms with Crippen LogP contribution in [0.5, 0.6) is 0 Å². The van der Waals surface area contributed by atoms with Crippen LogP contribution in [-0.2, 0) is 25.8 Å². The molecule has 3 rings (SSSR count). The van der Waals surface area contributed by atoms with Crippen molar-refractivity contribution in [1.82, 2.24) is 20.4 Å². The number of benzene rings is 2. The summed E-state index contributed by atoms with van der Waals surface area (Å²) in [6, 6.07) is 15.1. The Labute approximate surface area is 167 Å². The van der Waals surface area contributed by atoms with E-state index < -0.39 is 11.7 Å². The molecular formula is C21H22F3N5. The van der Waals surface area contributed by atoms with Gasteiger partial charge in [0.05, 0.1) is 12.1 Å². The number of nitrogens with zero attached hydrogens (tertiary/aromatic N) is 3. The third-order valence-electron chi connectivity index (χ3n) is 4.32. The molecule has 0 aliphatic rings. The van der Waals surface area contributed by atoms with Gasteiger partial charge in [-0.1, -0.05) is 36.4 Å². The second kappa shape index (κ2) is 9.27. The number of hydrogen-bond acceptors (Lipinski definition) is 2. The van der Waals surface area contributed by atoms with E-state index in [1.165, 1.54) is 12.1 Å². The van der Waals surface area contributed by atoms with Gasteiger partial charge in [0.15, 0.2) is 5.96 Å². The Bertz CT molecular complexity index is 932. The van der Waals surface area contributed by atoms with Crippen LogP contribution in [0.1, 0.15) is 22.3 Å². The summed E-state index contributed by atoms with van der Waals surface area (Å²) in [6.45, 7) is 1.64. The molecule has 0 aliphatic carbocycles. The van der Waals surface area contributed by atoms with Crippen LogP contribution in [0.15, 0.2) is 72.0 Å². The van der Waals surface area contributed by atoms with Gasteiger partial charge in [0.1, 0.15) is 0 Å². The average molecular weight is 401 g/mol. The minimum absolute atomic E-state index is 0.372. The van der Waals surface area contributed by atoms with Gasteiger partial charge in [0.25, 0.3) is 0 Å². The van der Waals surface area contributed by atoms with E-state index in [4.69, 9.17) is 0 Å². The van der Waals surface area contributed by atoms with E-state index in [0.29, 0.717) is 25.6 Å². The van der Waals surface area contributed by atoms with Crippen molar-refractivity contribution in [2.75, 3.05) is 7.05 Å². The van der Waals surface area contributed by atoms with Gasteiger partial charge in [-0.25, -0.2) is 0 Å². The Morgan fingerprint density at radius 3 is 2.28 bits per heavy atom. The van der Waals surface area contributed by atoms with Crippen molar-refractivity contribution >= 4 is 5.96 Å². The number of halogens is 3.